The summed E-state index contributed by atoms with van der Waals surface area (Å²) >= 11 is 0. The molecule has 0 aromatic rings. The van der Waals surface area contributed by atoms with E-state index < -0.39 is 0 Å². The highest BCUT2D eigenvalue weighted by molar-refractivity contribution is 4.89. The van der Waals surface area contributed by atoms with Crippen LogP contribution < -0.4 is 0 Å². The summed E-state index contributed by atoms with van der Waals surface area (Å²) in [5.41, 5.74) is 0.0498. The monoisotopic (exact) mass is 172 g/mol. The first-order chi connectivity index (χ1) is 5.60. The molecule has 0 bridgehead atoms. The Labute approximate surface area is 74.9 Å². The molecule has 0 spiro atoms. The molecule has 1 saturated heterocycles. The number of hydrogen-bond donors (Lipinski definition) is 1. The Kier molecular flexibility index (Phi) is 3.13. The van der Waals surface area contributed by atoms with Gasteiger partial charge in [0.15, 0.2) is 0 Å². The Hall–Kier alpha value is -0.0800. The molecule has 2 atom stereocenters. The maximum absolute atomic E-state index is 9.36. The zero-order valence-corrected chi connectivity index (χ0v) is 8.34. The van der Waals surface area contributed by atoms with Gasteiger partial charge in [-0.1, -0.05) is 13.8 Å². The molecule has 1 heterocycles. The summed E-state index contributed by atoms with van der Waals surface area (Å²) in [6.45, 7) is 7.55. The van der Waals surface area contributed by atoms with Gasteiger partial charge in [0, 0.05) is 12.0 Å². The molecule has 2 heteroatoms. The average Bonchev–Trinajstić information content (AvgIpc) is 2.32. The molecular weight excluding hydrogens is 152 g/mol. The Morgan fingerprint density at radius 2 is 2.25 bits per heavy atom. The Balaban J connectivity index is 2.61. The van der Waals surface area contributed by atoms with Gasteiger partial charge in [-0.25, -0.2) is 0 Å². The summed E-state index contributed by atoms with van der Waals surface area (Å²) < 4.78 is 5.50. The van der Waals surface area contributed by atoms with Crippen molar-refractivity contribution in [1.82, 2.24) is 0 Å². The SMILES string of the molecule is CC(C)CC1(CO)CCOC1C. The quantitative estimate of drug-likeness (QED) is 0.703. The Bertz CT molecular complexity index is 145. The van der Waals surface area contributed by atoms with Crippen LogP contribution >= 0.6 is 0 Å². The lowest BCUT2D eigenvalue weighted by Crippen LogP contribution is -2.34. The van der Waals surface area contributed by atoms with Gasteiger partial charge in [-0.15, -0.1) is 0 Å². The topological polar surface area (TPSA) is 29.5 Å². The van der Waals surface area contributed by atoms with E-state index in [1.54, 1.807) is 0 Å². The molecule has 0 aromatic heterocycles. The zero-order chi connectivity index (χ0) is 9.19. The molecule has 1 aliphatic heterocycles. The van der Waals surface area contributed by atoms with Crippen molar-refractivity contribution in [2.45, 2.75) is 39.7 Å². The first kappa shape index (κ1) is 10.0. The number of aliphatic hydroxyl groups is 1. The van der Waals surface area contributed by atoms with E-state index >= 15 is 0 Å². The average molecular weight is 172 g/mol. The van der Waals surface area contributed by atoms with Gasteiger partial charge in [-0.05, 0) is 25.7 Å². The lowest BCUT2D eigenvalue weighted by atomic mass is 9.76. The zero-order valence-electron chi connectivity index (χ0n) is 8.34. The van der Waals surface area contributed by atoms with Crippen LogP contribution in [0.1, 0.15) is 33.6 Å². The summed E-state index contributed by atoms with van der Waals surface area (Å²) in [5, 5.41) is 9.36. The highest BCUT2D eigenvalue weighted by Gasteiger charge is 2.41. The fourth-order valence-corrected chi connectivity index (χ4v) is 2.17. The summed E-state index contributed by atoms with van der Waals surface area (Å²) in [4.78, 5) is 0. The third-order valence-corrected chi connectivity index (χ3v) is 2.96. The van der Waals surface area contributed by atoms with Crippen molar-refractivity contribution in [2.24, 2.45) is 11.3 Å². The molecule has 1 fully saturated rings. The van der Waals surface area contributed by atoms with Crippen LogP contribution in [0.15, 0.2) is 0 Å². The summed E-state index contributed by atoms with van der Waals surface area (Å²) in [6.07, 6.45) is 2.32. The van der Waals surface area contributed by atoms with Crippen LogP contribution in [0.2, 0.25) is 0 Å². The van der Waals surface area contributed by atoms with Crippen LogP contribution in [0.4, 0.5) is 0 Å². The van der Waals surface area contributed by atoms with Crippen LogP contribution in [-0.4, -0.2) is 24.4 Å². The van der Waals surface area contributed by atoms with E-state index in [1.165, 1.54) is 0 Å². The number of hydrogen-bond acceptors (Lipinski definition) is 2. The van der Waals surface area contributed by atoms with Crippen LogP contribution in [0.25, 0.3) is 0 Å². The van der Waals surface area contributed by atoms with Crippen LogP contribution in [0.5, 0.6) is 0 Å². The van der Waals surface area contributed by atoms with E-state index in [2.05, 4.69) is 20.8 Å². The van der Waals surface area contributed by atoms with E-state index in [1.807, 2.05) is 0 Å². The molecule has 12 heavy (non-hydrogen) atoms. The molecule has 1 N–H and O–H groups in total. The third kappa shape index (κ3) is 1.80. The van der Waals surface area contributed by atoms with Crippen molar-refractivity contribution in [3.05, 3.63) is 0 Å². The molecule has 0 saturated carbocycles. The molecular formula is C10H20O2. The Morgan fingerprint density at radius 3 is 2.58 bits per heavy atom. The maximum atomic E-state index is 9.36. The van der Waals surface area contributed by atoms with Crippen molar-refractivity contribution in [3.8, 4) is 0 Å². The third-order valence-electron chi connectivity index (χ3n) is 2.96. The van der Waals surface area contributed by atoms with Crippen molar-refractivity contribution in [3.63, 3.8) is 0 Å². The molecule has 1 aliphatic rings. The smallest absolute Gasteiger partial charge is 0.0626 e. The van der Waals surface area contributed by atoms with Gasteiger partial charge in [0.25, 0.3) is 0 Å². The van der Waals surface area contributed by atoms with Gasteiger partial charge in [0.2, 0.25) is 0 Å². The van der Waals surface area contributed by atoms with Gasteiger partial charge in [-0.2, -0.15) is 0 Å². The van der Waals surface area contributed by atoms with Crippen LogP contribution in [0, 0.1) is 11.3 Å². The van der Waals surface area contributed by atoms with Gasteiger partial charge >= 0.3 is 0 Å². The highest BCUT2D eigenvalue weighted by Crippen LogP contribution is 2.39. The fraction of sp³-hybridized carbons (Fsp3) is 1.00. The van der Waals surface area contributed by atoms with E-state index in [-0.39, 0.29) is 18.1 Å². The largest absolute Gasteiger partial charge is 0.396 e. The summed E-state index contributed by atoms with van der Waals surface area (Å²) in [6, 6.07) is 0. The molecule has 1 rings (SSSR count). The second-order valence-electron chi connectivity index (χ2n) is 4.38. The number of aliphatic hydroxyl groups excluding tert-OH is 1. The van der Waals surface area contributed by atoms with Crippen LogP contribution in [0.3, 0.4) is 0 Å². The van der Waals surface area contributed by atoms with Gasteiger partial charge in [0.1, 0.15) is 0 Å². The minimum absolute atomic E-state index is 0.0498. The molecule has 2 nitrogen and oxygen atoms in total. The molecule has 0 aromatic carbocycles. The lowest BCUT2D eigenvalue weighted by molar-refractivity contribution is 0.0144. The highest BCUT2D eigenvalue weighted by atomic mass is 16.5. The predicted octanol–water partition coefficient (Wildman–Crippen LogP) is 1.82. The molecule has 72 valence electrons. The first-order valence-electron chi connectivity index (χ1n) is 4.83. The summed E-state index contributed by atoms with van der Waals surface area (Å²) in [7, 11) is 0. The lowest BCUT2D eigenvalue weighted by Gasteiger charge is -2.31. The molecule has 2 unspecified atom stereocenters. The summed E-state index contributed by atoms with van der Waals surface area (Å²) in [5.74, 6) is 0.640. The van der Waals surface area contributed by atoms with Crippen LogP contribution in [-0.2, 0) is 4.74 Å². The van der Waals surface area contributed by atoms with E-state index in [9.17, 15) is 5.11 Å². The van der Waals surface area contributed by atoms with E-state index in [4.69, 9.17) is 4.74 Å². The second-order valence-corrected chi connectivity index (χ2v) is 4.38. The minimum atomic E-state index is 0.0498. The first-order valence-corrected chi connectivity index (χ1v) is 4.83. The number of ether oxygens (including phenoxy) is 1. The minimum Gasteiger partial charge on any atom is -0.396 e. The standard InChI is InChI=1S/C10H20O2/c1-8(2)6-10(7-11)4-5-12-9(10)3/h8-9,11H,4-7H2,1-3H3. The predicted molar refractivity (Wildman–Crippen MR) is 49.0 cm³/mol. The van der Waals surface area contributed by atoms with Crippen molar-refractivity contribution >= 4 is 0 Å². The second kappa shape index (κ2) is 3.75. The normalized spacial score (nSPS) is 36.2. The van der Waals surface area contributed by atoms with Gasteiger partial charge in [-0.3, -0.25) is 0 Å². The molecule has 0 aliphatic carbocycles. The molecule has 0 radical (unpaired) electrons. The van der Waals surface area contributed by atoms with Crippen molar-refractivity contribution in [1.29, 1.82) is 0 Å². The van der Waals surface area contributed by atoms with Crippen molar-refractivity contribution < 1.29 is 9.84 Å². The van der Waals surface area contributed by atoms with Crippen molar-refractivity contribution in [2.75, 3.05) is 13.2 Å². The van der Waals surface area contributed by atoms with E-state index in [0.29, 0.717) is 5.92 Å². The Morgan fingerprint density at radius 1 is 1.58 bits per heavy atom. The van der Waals surface area contributed by atoms with Gasteiger partial charge in [0.05, 0.1) is 12.7 Å². The van der Waals surface area contributed by atoms with E-state index in [0.717, 1.165) is 19.4 Å². The molecule has 0 amide bonds. The number of rotatable bonds is 3. The fourth-order valence-electron chi connectivity index (χ4n) is 2.17. The maximum Gasteiger partial charge on any atom is 0.0626 e. The van der Waals surface area contributed by atoms with Gasteiger partial charge < -0.3 is 9.84 Å².